The van der Waals surface area contributed by atoms with Gasteiger partial charge in [-0.15, -0.1) is 0 Å². The number of benzene rings is 1. The molecule has 1 heterocycles. The Morgan fingerprint density at radius 1 is 1.25 bits per heavy atom. The molecule has 0 aliphatic carbocycles. The van der Waals surface area contributed by atoms with E-state index in [4.69, 9.17) is 4.52 Å². The van der Waals surface area contributed by atoms with Gasteiger partial charge in [0, 0.05) is 10.9 Å². The highest BCUT2D eigenvalue weighted by Gasteiger charge is 2.24. The highest BCUT2D eigenvalue weighted by molar-refractivity contribution is 9.10. The van der Waals surface area contributed by atoms with Gasteiger partial charge in [-0.2, -0.15) is 4.98 Å². The minimum absolute atomic E-state index is 0.194. The molecular weight excluding hydrogens is 320 g/mol. The molecule has 0 saturated heterocycles. The van der Waals surface area contributed by atoms with E-state index in [0.717, 1.165) is 10.0 Å². The van der Waals surface area contributed by atoms with E-state index in [0.29, 0.717) is 24.6 Å². The number of hydrogen-bond donors (Lipinski definition) is 1. The van der Waals surface area contributed by atoms with Crippen molar-refractivity contribution >= 4 is 15.9 Å². The van der Waals surface area contributed by atoms with Crippen molar-refractivity contribution in [1.29, 1.82) is 0 Å². The number of nitrogens with zero attached hydrogens (tertiary/aromatic N) is 2. The fourth-order valence-electron chi connectivity index (χ4n) is 1.70. The lowest BCUT2D eigenvalue weighted by Gasteiger charge is -2.24. The van der Waals surface area contributed by atoms with Gasteiger partial charge in [-0.1, -0.05) is 54.0 Å². The SMILES string of the molecule is CC(C)(C)C(O)Cc1nc(Cc2ccc(Br)cc2)no1. The summed E-state index contributed by atoms with van der Waals surface area (Å²) in [6, 6.07) is 8.01. The van der Waals surface area contributed by atoms with Crippen LogP contribution >= 0.6 is 15.9 Å². The second kappa shape index (κ2) is 6.06. The number of aliphatic hydroxyl groups is 1. The zero-order valence-electron chi connectivity index (χ0n) is 11.9. The summed E-state index contributed by atoms with van der Waals surface area (Å²) in [5.74, 6) is 1.13. The van der Waals surface area contributed by atoms with Gasteiger partial charge in [0.25, 0.3) is 0 Å². The Bertz CT molecular complexity index is 558. The summed E-state index contributed by atoms with van der Waals surface area (Å²) in [6.07, 6.45) is 0.516. The van der Waals surface area contributed by atoms with Crippen LogP contribution in [-0.2, 0) is 12.8 Å². The van der Waals surface area contributed by atoms with Crippen LogP contribution in [0.15, 0.2) is 33.3 Å². The molecule has 1 atom stereocenters. The molecule has 1 unspecified atom stereocenters. The van der Waals surface area contributed by atoms with Crippen LogP contribution in [0.3, 0.4) is 0 Å². The summed E-state index contributed by atoms with van der Waals surface area (Å²) in [5, 5.41) is 14.0. The van der Waals surface area contributed by atoms with Crippen molar-refractivity contribution in [3.63, 3.8) is 0 Å². The number of aromatic nitrogens is 2. The van der Waals surface area contributed by atoms with E-state index >= 15 is 0 Å². The minimum atomic E-state index is -0.497. The Balaban J connectivity index is 2.00. The third-order valence-corrected chi connectivity index (χ3v) is 3.68. The maximum absolute atomic E-state index is 10.0. The van der Waals surface area contributed by atoms with Crippen LogP contribution in [0.4, 0.5) is 0 Å². The molecule has 4 nitrogen and oxygen atoms in total. The highest BCUT2D eigenvalue weighted by Crippen LogP contribution is 2.22. The fraction of sp³-hybridized carbons (Fsp3) is 0.467. The molecule has 0 spiro atoms. The maximum atomic E-state index is 10.0. The first-order valence-electron chi connectivity index (χ1n) is 6.58. The lowest BCUT2D eigenvalue weighted by molar-refractivity contribution is 0.0565. The molecule has 0 aliphatic rings. The van der Waals surface area contributed by atoms with Crippen LogP contribution in [0.25, 0.3) is 0 Å². The van der Waals surface area contributed by atoms with Crippen molar-refractivity contribution < 1.29 is 9.63 Å². The Kier molecular flexibility index (Phi) is 4.60. The molecule has 0 aliphatic heterocycles. The molecule has 0 amide bonds. The van der Waals surface area contributed by atoms with Crippen molar-refractivity contribution in [2.75, 3.05) is 0 Å². The summed E-state index contributed by atoms with van der Waals surface area (Å²) in [5.41, 5.74) is 0.928. The zero-order valence-corrected chi connectivity index (χ0v) is 13.5. The molecule has 2 rings (SSSR count). The smallest absolute Gasteiger partial charge is 0.229 e. The van der Waals surface area contributed by atoms with Gasteiger partial charge in [0.1, 0.15) is 0 Å². The van der Waals surface area contributed by atoms with Crippen LogP contribution in [0.1, 0.15) is 38.0 Å². The fourth-order valence-corrected chi connectivity index (χ4v) is 1.97. The van der Waals surface area contributed by atoms with E-state index in [9.17, 15) is 5.11 Å². The van der Waals surface area contributed by atoms with Crippen LogP contribution < -0.4 is 0 Å². The van der Waals surface area contributed by atoms with Crippen LogP contribution in [0, 0.1) is 5.41 Å². The Morgan fingerprint density at radius 2 is 1.90 bits per heavy atom. The third-order valence-electron chi connectivity index (χ3n) is 3.15. The Labute approximate surface area is 127 Å². The molecule has 0 fully saturated rings. The van der Waals surface area contributed by atoms with Gasteiger partial charge in [0.05, 0.1) is 12.5 Å². The second-order valence-electron chi connectivity index (χ2n) is 5.99. The van der Waals surface area contributed by atoms with Crippen molar-refractivity contribution in [3.8, 4) is 0 Å². The highest BCUT2D eigenvalue weighted by atomic mass is 79.9. The van der Waals surface area contributed by atoms with E-state index in [1.807, 2.05) is 45.0 Å². The zero-order chi connectivity index (χ0) is 14.8. The van der Waals surface area contributed by atoms with Crippen LogP contribution in [0.5, 0.6) is 0 Å². The van der Waals surface area contributed by atoms with Gasteiger partial charge in [0.2, 0.25) is 5.89 Å². The quantitative estimate of drug-likeness (QED) is 0.928. The predicted molar refractivity (Wildman–Crippen MR) is 80.4 cm³/mol. The summed E-state index contributed by atoms with van der Waals surface area (Å²) >= 11 is 3.40. The normalized spacial score (nSPS) is 13.4. The number of hydrogen-bond acceptors (Lipinski definition) is 4. The maximum Gasteiger partial charge on any atom is 0.229 e. The molecule has 20 heavy (non-hydrogen) atoms. The largest absolute Gasteiger partial charge is 0.392 e. The molecule has 0 bridgehead atoms. The molecule has 2 aromatic rings. The standard InChI is InChI=1S/C15H19BrN2O2/c1-15(2,3)12(19)9-14-17-13(18-20-14)8-10-4-6-11(16)7-5-10/h4-7,12,19H,8-9H2,1-3H3. The Hall–Kier alpha value is -1.20. The van der Waals surface area contributed by atoms with Gasteiger partial charge in [-0.3, -0.25) is 0 Å². The van der Waals surface area contributed by atoms with Gasteiger partial charge >= 0.3 is 0 Å². The molecule has 0 saturated carbocycles. The minimum Gasteiger partial charge on any atom is -0.392 e. The van der Waals surface area contributed by atoms with Crippen molar-refractivity contribution in [3.05, 3.63) is 46.0 Å². The van der Waals surface area contributed by atoms with E-state index in [1.165, 1.54) is 0 Å². The molecule has 1 aromatic carbocycles. The lowest BCUT2D eigenvalue weighted by Crippen LogP contribution is -2.28. The summed E-state index contributed by atoms with van der Waals surface area (Å²) < 4.78 is 6.24. The predicted octanol–water partition coefficient (Wildman–Crippen LogP) is 3.37. The molecular formula is C15H19BrN2O2. The average molecular weight is 339 g/mol. The first-order chi connectivity index (χ1) is 9.34. The van der Waals surface area contributed by atoms with Gasteiger partial charge in [-0.25, -0.2) is 0 Å². The molecule has 1 aromatic heterocycles. The van der Waals surface area contributed by atoms with Gasteiger partial charge in [-0.05, 0) is 23.1 Å². The summed E-state index contributed by atoms with van der Waals surface area (Å²) in [6.45, 7) is 5.95. The van der Waals surface area contributed by atoms with Crippen LogP contribution in [0.2, 0.25) is 0 Å². The van der Waals surface area contributed by atoms with E-state index in [1.54, 1.807) is 0 Å². The first kappa shape index (κ1) is 15.2. The van der Waals surface area contributed by atoms with Crippen molar-refractivity contribution in [1.82, 2.24) is 10.1 Å². The summed E-state index contributed by atoms with van der Waals surface area (Å²) in [4.78, 5) is 4.33. The van der Waals surface area contributed by atoms with E-state index in [-0.39, 0.29) is 5.41 Å². The molecule has 5 heteroatoms. The van der Waals surface area contributed by atoms with Crippen LogP contribution in [-0.4, -0.2) is 21.4 Å². The van der Waals surface area contributed by atoms with E-state index in [2.05, 4.69) is 26.1 Å². The molecule has 1 N–H and O–H groups in total. The first-order valence-corrected chi connectivity index (χ1v) is 7.38. The second-order valence-corrected chi connectivity index (χ2v) is 6.91. The van der Waals surface area contributed by atoms with Crippen molar-refractivity contribution in [2.24, 2.45) is 5.41 Å². The number of rotatable bonds is 4. The number of halogens is 1. The monoisotopic (exact) mass is 338 g/mol. The Morgan fingerprint density at radius 3 is 2.50 bits per heavy atom. The summed E-state index contributed by atoms with van der Waals surface area (Å²) in [7, 11) is 0. The average Bonchev–Trinajstić information content (AvgIpc) is 2.78. The van der Waals surface area contributed by atoms with Gasteiger partial charge in [0.15, 0.2) is 5.82 Å². The van der Waals surface area contributed by atoms with E-state index < -0.39 is 6.10 Å². The van der Waals surface area contributed by atoms with Gasteiger partial charge < -0.3 is 9.63 Å². The number of aliphatic hydroxyl groups excluding tert-OH is 1. The molecule has 0 radical (unpaired) electrons. The topological polar surface area (TPSA) is 59.2 Å². The van der Waals surface area contributed by atoms with Crippen molar-refractivity contribution in [2.45, 2.75) is 39.7 Å². The third kappa shape index (κ3) is 4.15. The molecule has 108 valence electrons. The lowest BCUT2D eigenvalue weighted by atomic mass is 9.87.